The van der Waals surface area contributed by atoms with Crippen LogP contribution in [0.5, 0.6) is 0 Å². The Kier molecular flexibility index (Phi) is 3.85. The van der Waals surface area contributed by atoms with E-state index >= 15 is 0 Å². The summed E-state index contributed by atoms with van der Waals surface area (Å²) in [4.78, 5) is 6.57. The fourth-order valence-corrected chi connectivity index (χ4v) is 3.52. The molecule has 0 N–H and O–H groups in total. The zero-order valence-corrected chi connectivity index (χ0v) is 12.2. The molecule has 0 spiro atoms. The lowest BCUT2D eigenvalue weighted by Gasteiger charge is -2.36. The highest BCUT2D eigenvalue weighted by atomic mass is 32.1. The Balaban J connectivity index is 1.57. The van der Waals surface area contributed by atoms with Gasteiger partial charge in [0.05, 0.1) is 0 Å². The third-order valence-corrected chi connectivity index (χ3v) is 4.84. The molecule has 0 bridgehead atoms. The van der Waals surface area contributed by atoms with E-state index in [0.717, 1.165) is 32.7 Å². The number of rotatable bonds is 3. The number of aryl methyl sites for hydroxylation is 1. The van der Waals surface area contributed by atoms with Gasteiger partial charge in [-0.05, 0) is 36.1 Å². The molecule has 0 aliphatic carbocycles. The summed E-state index contributed by atoms with van der Waals surface area (Å²) in [6.07, 6.45) is 0. The Bertz CT molecular complexity index is 513. The minimum Gasteiger partial charge on any atom is -0.369 e. The van der Waals surface area contributed by atoms with Crippen molar-refractivity contribution in [2.75, 3.05) is 31.1 Å². The molecule has 2 aromatic rings. The van der Waals surface area contributed by atoms with Gasteiger partial charge >= 0.3 is 0 Å². The van der Waals surface area contributed by atoms with Crippen molar-refractivity contribution in [3.05, 3.63) is 52.2 Å². The van der Waals surface area contributed by atoms with E-state index in [1.165, 1.54) is 16.1 Å². The third-order valence-electron chi connectivity index (χ3n) is 3.83. The molecule has 0 radical (unpaired) electrons. The summed E-state index contributed by atoms with van der Waals surface area (Å²) in [5.41, 5.74) is 2.80. The first-order valence-corrected chi connectivity index (χ1v) is 7.76. The van der Waals surface area contributed by atoms with Gasteiger partial charge in [0.15, 0.2) is 0 Å². The molecular formula is C16H20N2S. The number of nitrogens with zero attached hydrogens (tertiary/aromatic N) is 2. The zero-order valence-electron chi connectivity index (χ0n) is 11.4. The van der Waals surface area contributed by atoms with Crippen molar-refractivity contribution in [1.29, 1.82) is 0 Å². The molecule has 0 unspecified atom stereocenters. The quantitative estimate of drug-likeness (QED) is 0.845. The summed E-state index contributed by atoms with van der Waals surface area (Å²) < 4.78 is 0. The summed E-state index contributed by atoms with van der Waals surface area (Å²) >= 11 is 1.89. The standard InChI is InChI=1S/C16H20N2S/c1-14-7-12-19-16(14)13-17-8-10-18(11-9-17)15-5-3-2-4-6-15/h2-7,12H,8-11,13H2,1H3. The van der Waals surface area contributed by atoms with Crippen molar-refractivity contribution < 1.29 is 0 Å². The predicted octanol–water partition coefficient (Wildman–Crippen LogP) is 3.38. The Morgan fingerprint density at radius 1 is 1.00 bits per heavy atom. The van der Waals surface area contributed by atoms with Crippen molar-refractivity contribution >= 4 is 17.0 Å². The lowest BCUT2D eigenvalue weighted by molar-refractivity contribution is 0.251. The summed E-state index contributed by atoms with van der Waals surface area (Å²) in [6, 6.07) is 13.0. The molecule has 3 rings (SSSR count). The van der Waals surface area contributed by atoms with Gasteiger partial charge in [-0.3, -0.25) is 4.90 Å². The van der Waals surface area contributed by atoms with Crippen LogP contribution >= 0.6 is 11.3 Å². The fourth-order valence-electron chi connectivity index (χ4n) is 2.57. The number of hydrogen-bond donors (Lipinski definition) is 0. The second-order valence-corrected chi connectivity index (χ2v) is 6.13. The fraction of sp³-hybridized carbons (Fsp3) is 0.375. The minimum atomic E-state index is 1.12. The van der Waals surface area contributed by atoms with Crippen LogP contribution in [0.25, 0.3) is 0 Å². The van der Waals surface area contributed by atoms with Gasteiger partial charge in [0.1, 0.15) is 0 Å². The van der Waals surface area contributed by atoms with E-state index in [1.807, 2.05) is 11.3 Å². The SMILES string of the molecule is Cc1ccsc1CN1CCN(c2ccccc2)CC1. The molecule has 1 aliphatic rings. The molecule has 1 aromatic heterocycles. The van der Waals surface area contributed by atoms with Crippen LogP contribution in [0.4, 0.5) is 5.69 Å². The maximum Gasteiger partial charge on any atom is 0.0367 e. The van der Waals surface area contributed by atoms with Gasteiger partial charge < -0.3 is 4.90 Å². The van der Waals surface area contributed by atoms with Gasteiger partial charge in [-0.1, -0.05) is 18.2 Å². The topological polar surface area (TPSA) is 6.48 Å². The van der Waals surface area contributed by atoms with Crippen LogP contribution in [0.1, 0.15) is 10.4 Å². The minimum absolute atomic E-state index is 1.12. The van der Waals surface area contributed by atoms with Crippen molar-refractivity contribution in [1.82, 2.24) is 4.90 Å². The number of anilines is 1. The highest BCUT2D eigenvalue weighted by molar-refractivity contribution is 7.10. The Morgan fingerprint density at radius 2 is 1.74 bits per heavy atom. The molecule has 0 saturated carbocycles. The highest BCUT2D eigenvalue weighted by Crippen LogP contribution is 2.20. The summed E-state index contributed by atoms with van der Waals surface area (Å²) in [6.45, 7) is 7.92. The van der Waals surface area contributed by atoms with Crippen LogP contribution in [0, 0.1) is 6.92 Å². The van der Waals surface area contributed by atoms with Crippen LogP contribution in [0.3, 0.4) is 0 Å². The van der Waals surface area contributed by atoms with E-state index in [4.69, 9.17) is 0 Å². The highest BCUT2D eigenvalue weighted by Gasteiger charge is 2.17. The summed E-state index contributed by atoms with van der Waals surface area (Å²) in [7, 11) is 0. The molecule has 1 fully saturated rings. The van der Waals surface area contributed by atoms with Crippen molar-refractivity contribution in [2.45, 2.75) is 13.5 Å². The molecule has 1 aliphatic heterocycles. The van der Waals surface area contributed by atoms with Crippen LogP contribution in [-0.2, 0) is 6.54 Å². The average molecular weight is 272 g/mol. The van der Waals surface area contributed by atoms with E-state index in [1.54, 1.807) is 0 Å². The maximum absolute atomic E-state index is 2.57. The first-order valence-electron chi connectivity index (χ1n) is 6.88. The van der Waals surface area contributed by atoms with Crippen molar-refractivity contribution in [3.8, 4) is 0 Å². The number of benzene rings is 1. The van der Waals surface area contributed by atoms with Crippen LogP contribution < -0.4 is 4.90 Å². The molecule has 1 aromatic carbocycles. The maximum atomic E-state index is 2.57. The van der Waals surface area contributed by atoms with Crippen LogP contribution in [0.2, 0.25) is 0 Å². The normalized spacial score (nSPS) is 16.8. The molecule has 100 valence electrons. The van der Waals surface area contributed by atoms with Crippen molar-refractivity contribution in [2.24, 2.45) is 0 Å². The smallest absolute Gasteiger partial charge is 0.0367 e. The van der Waals surface area contributed by atoms with Gasteiger partial charge in [-0.25, -0.2) is 0 Å². The zero-order chi connectivity index (χ0) is 13.1. The first-order chi connectivity index (χ1) is 9.33. The lowest BCUT2D eigenvalue weighted by atomic mass is 10.2. The van der Waals surface area contributed by atoms with E-state index in [-0.39, 0.29) is 0 Å². The Morgan fingerprint density at radius 3 is 2.37 bits per heavy atom. The van der Waals surface area contributed by atoms with Crippen LogP contribution in [-0.4, -0.2) is 31.1 Å². The van der Waals surface area contributed by atoms with Gasteiger partial charge in [-0.2, -0.15) is 0 Å². The average Bonchev–Trinajstić information content (AvgIpc) is 2.86. The van der Waals surface area contributed by atoms with Gasteiger partial charge in [0.25, 0.3) is 0 Å². The largest absolute Gasteiger partial charge is 0.369 e. The van der Waals surface area contributed by atoms with E-state index in [9.17, 15) is 0 Å². The van der Waals surface area contributed by atoms with E-state index in [0.29, 0.717) is 0 Å². The van der Waals surface area contributed by atoms with Gasteiger partial charge in [0.2, 0.25) is 0 Å². The predicted molar refractivity (Wildman–Crippen MR) is 83.0 cm³/mol. The molecular weight excluding hydrogens is 252 g/mol. The van der Waals surface area contributed by atoms with Gasteiger partial charge in [0, 0.05) is 43.3 Å². The second-order valence-electron chi connectivity index (χ2n) is 5.13. The number of para-hydroxylation sites is 1. The molecule has 0 amide bonds. The van der Waals surface area contributed by atoms with E-state index < -0.39 is 0 Å². The molecule has 3 heteroatoms. The third kappa shape index (κ3) is 2.99. The van der Waals surface area contributed by atoms with Crippen LogP contribution in [0.15, 0.2) is 41.8 Å². The summed E-state index contributed by atoms with van der Waals surface area (Å²) in [5, 5.41) is 2.20. The molecule has 19 heavy (non-hydrogen) atoms. The molecule has 0 atom stereocenters. The molecule has 2 heterocycles. The Hall–Kier alpha value is -1.32. The summed E-state index contributed by atoms with van der Waals surface area (Å²) in [5.74, 6) is 0. The molecule has 2 nitrogen and oxygen atoms in total. The monoisotopic (exact) mass is 272 g/mol. The Labute approximate surface area is 119 Å². The second kappa shape index (κ2) is 5.76. The lowest BCUT2D eigenvalue weighted by Crippen LogP contribution is -2.45. The number of thiophene rings is 1. The number of hydrogen-bond acceptors (Lipinski definition) is 3. The van der Waals surface area contributed by atoms with Crippen molar-refractivity contribution in [3.63, 3.8) is 0 Å². The molecule has 1 saturated heterocycles. The first kappa shape index (κ1) is 12.7. The number of piperazine rings is 1. The van der Waals surface area contributed by atoms with Gasteiger partial charge in [-0.15, -0.1) is 11.3 Å². The van der Waals surface area contributed by atoms with E-state index in [2.05, 4.69) is 58.5 Å².